The van der Waals surface area contributed by atoms with E-state index < -0.39 is 24.0 Å². The maximum Gasteiger partial charge on any atom is 0.522 e. The summed E-state index contributed by atoms with van der Waals surface area (Å²) >= 11 is 0. The summed E-state index contributed by atoms with van der Waals surface area (Å²) in [6, 6.07) is 0. The van der Waals surface area contributed by atoms with Crippen molar-refractivity contribution in [3.05, 3.63) is 0 Å². The van der Waals surface area contributed by atoms with Crippen molar-refractivity contribution in [1.82, 2.24) is 4.90 Å². The largest absolute Gasteiger partial charge is 0.522 e. The van der Waals surface area contributed by atoms with Crippen LogP contribution < -0.4 is 0 Å². The van der Waals surface area contributed by atoms with Gasteiger partial charge in [0.05, 0.1) is 12.7 Å². The number of carbonyl (C=O) groups is 2. The predicted molar refractivity (Wildman–Crippen MR) is 55.9 cm³/mol. The molecule has 2 unspecified atom stereocenters. The van der Waals surface area contributed by atoms with Crippen molar-refractivity contribution in [2.75, 3.05) is 13.2 Å². The Balaban J connectivity index is 2.16. The second-order valence-electron chi connectivity index (χ2n) is 4.65. The van der Waals surface area contributed by atoms with Gasteiger partial charge in [-0.1, -0.05) is 0 Å². The van der Waals surface area contributed by atoms with Crippen LogP contribution in [0.3, 0.4) is 0 Å². The van der Waals surface area contributed by atoms with E-state index in [4.69, 9.17) is 4.74 Å². The van der Waals surface area contributed by atoms with E-state index >= 15 is 0 Å². The molecule has 19 heavy (non-hydrogen) atoms. The fraction of sp³-hybridized carbons (Fsp3) is 0.818. The quantitative estimate of drug-likeness (QED) is 0.730. The average Bonchev–Trinajstić information content (AvgIpc) is 2.76. The van der Waals surface area contributed by atoms with Crippen LogP contribution in [0.4, 0.5) is 13.2 Å². The van der Waals surface area contributed by atoms with E-state index in [0.29, 0.717) is 0 Å². The van der Waals surface area contributed by atoms with Crippen molar-refractivity contribution in [1.29, 1.82) is 0 Å². The molecule has 2 atom stereocenters. The molecule has 0 N–H and O–H groups in total. The number of fused-ring (bicyclic) bond motifs is 1. The van der Waals surface area contributed by atoms with Gasteiger partial charge in [0.15, 0.2) is 0 Å². The second-order valence-corrected chi connectivity index (χ2v) is 4.65. The van der Waals surface area contributed by atoms with Crippen LogP contribution in [0.2, 0.25) is 0 Å². The molecule has 0 radical (unpaired) electrons. The maximum atomic E-state index is 12.2. The van der Waals surface area contributed by atoms with Crippen molar-refractivity contribution in [2.24, 2.45) is 0 Å². The van der Waals surface area contributed by atoms with Crippen LogP contribution in [0, 0.1) is 0 Å². The average molecular weight is 281 g/mol. The molecule has 0 aromatic carbocycles. The zero-order valence-corrected chi connectivity index (χ0v) is 10.3. The molecule has 108 valence electrons. The topological polar surface area (TPSA) is 55.8 Å². The smallest absolute Gasteiger partial charge is 0.464 e. The maximum absolute atomic E-state index is 12.2. The van der Waals surface area contributed by atoms with E-state index in [1.165, 1.54) is 4.90 Å². The van der Waals surface area contributed by atoms with E-state index in [2.05, 4.69) is 4.74 Å². The van der Waals surface area contributed by atoms with E-state index in [0.717, 1.165) is 0 Å². The minimum atomic E-state index is -4.77. The fourth-order valence-corrected chi connectivity index (χ4v) is 2.78. The number of halogens is 3. The lowest BCUT2D eigenvalue weighted by atomic mass is 9.93. The Labute approximate surface area is 107 Å². The summed E-state index contributed by atoms with van der Waals surface area (Å²) in [5.74, 6) is -0.976. The number of ether oxygens (including phenoxy) is 2. The first-order valence-electron chi connectivity index (χ1n) is 6.01. The summed E-state index contributed by atoms with van der Waals surface area (Å²) in [6.07, 6.45) is -5.82. The molecule has 0 bridgehead atoms. The van der Waals surface area contributed by atoms with Gasteiger partial charge in [-0.25, -0.2) is 4.79 Å². The summed E-state index contributed by atoms with van der Waals surface area (Å²) in [6.45, 7) is 1.50. The molecule has 2 rings (SSSR count). The van der Waals surface area contributed by atoms with Crippen LogP contribution in [0.5, 0.6) is 0 Å². The number of carbonyl (C=O) groups excluding carboxylic acids is 2. The Morgan fingerprint density at radius 1 is 1.53 bits per heavy atom. The van der Waals surface area contributed by atoms with Gasteiger partial charge in [0.1, 0.15) is 5.54 Å². The third-order valence-electron chi connectivity index (χ3n) is 3.48. The Bertz CT molecular complexity index is 398. The summed E-state index contributed by atoms with van der Waals surface area (Å²) in [7, 11) is 0. The molecule has 0 saturated carbocycles. The Morgan fingerprint density at radius 3 is 2.79 bits per heavy atom. The summed E-state index contributed by atoms with van der Waals surface area (Å²) < 4.78 is 45.5. The molecule has 2 aliphatic heterocycles. The molecule has 1 amide bonds. The third kappa shape index (κ3) is 2.54. The molecule has 0 aromatic heterocycles. The molecule has 0 aliphatic carbocycles. The number of esters is 1. The molecule has 2 aliphatic rings. The minimum Gasteiger partial charge on any atom is -0.464 e. The van der Waals surface area contributed by atoms with Gasteiger partial charge >= 0.3 is 12.3 Å². The lowest BCUT2D eigenvalue weighted by Gasteiger charge is -2.28. The van der Waals surface area contributed by atoms with E-state index in [1.807, 2.05) is 0 Å². The van der Waals surface area contributed by atoms with Crippen LogP contribution in [0.15, 0.2) is 0 Å². The van der Waals surface area contributed by atoms with Crippen molar-refractivity contribution in [2.45, 2.75) is 44.2 Å². The van der Waals surface area contributed by atoms with Gasteiger partial charge in [0.25, 0.3) is 0 Å². The molecular formula is C11H14F3NO4. The summed E-state index contributed by atoms with van der Waals surface area (Å²) in [4.78, 5) is 24.8. The zero-order valence-electron chi connectivity index (χ0n) is 10.3. The van der Waals surface area contributed by atoms with Crippen molar-refractivity contribution >= 4 is 11.9 Å². The minimum absolute atomic E-state index is 0.118. The molecular weight excluding hydrogens is 267 g/mol. The SMILES string of the molecule is CCOC(=O)C12CCC(=O)N1CC(OC(F)(F)F)C2. The first kappa shape index (κ1) is 14.1. The number of hydrogen-bond acceptors (Lipinski definition) is 4. The number of nitrogens with zero attached hydrogens (tertiary/aromatic N) is 1. The molecule has 8 heteroatoms. The molecule has 5 nitrogen and oxygen atoms in total. The standard InChI is InChI=1S/C11H14F3NO4/c1-2-18-9(17)10-4-3-8(16)15(10)6-7(5-10)19-11(12,13)14/h7H,2-6H2,1H3. The van der Waals surface area contributed by atoms with Crippen molar-refractivity contribution < 1.29 is 32.2 Å². The summed E-state index contributed by atoms with van der Waals surface area (Å²) in [5.41, 5.74) is -1.27. The van der Waals surface area contributed by atoms with Gasteiger partial charge in [0, 0.05) is 19.4 Å². The molecule has 0 spiro atoms. The summed E-state index contributed by atoms with van der Waals surface area (Å²) in [5, 5.41) is 0. The van der Waals surface area contributed by atoms with Gasteiger partial charge < -0.3 is 9.64 Å². The van der Waals surface area contributed by atoms with Crippen LogP contribution >= 0.6 is 0 Å². The van der Waals surface area contributed by atoms with Gasteiger partial charge in [-0.05, 0) is 13.3 Å². The molecule has 2 fully saturated rings. The fourth-order valence-electron chi connectivity index (χ4n) is 2.78. The molecule has 2 heterocycles. The van der Waals surface area contributed by atoms with Gasteiger partial charge in [-0.2, -0.15) is 0 Å². The predicted octanol–water partition coefficient (Wildman–Crippen LogP) is 1.22. The zero-order chi connectivity index (χ0) is 14.3. The van der Waals surface area contributed by atoms with E-state index in [-0.39, 0.29) is 38.3 Å². The number of amides is 1. The van der Waals surface area contributed by atoms with E-state index in [1.54, 1.807) is 6.92 Å². The Hall–Kier alpha value is -1.31. The van der Waals surface area contributed by atoms with Gasteiger partial charge in [0.2, 0.25) is 5.91 Å². The monoisotopic (exact) mass is 281 g/mol. The molecule has 0 aromatic rings. The second kappa shape index (κ2) is 4.66. The normalized spacial score (nSPS) is 30.6. The highest BCUT2D eigenvalue weighted by Gasteiger charge is 2.59. The first-order chi connectivity index (χ1) is 8.78. The Kier molecular flexibility index (Phi) is 3.46. The van der Waals surface area contributed by atoms with Gasteiger partial charge in [-0.15, -0.1) is 13.2 Å². The lowest BCUT2D eigenvalue weighted by molar-refractivity contribution is -0.340. The number of hydrogen-bond donors (Lipinski definition) is 0. The van der Waals surface area contributed by atoms with Crippen molar-refractivity contribution in [3.8, 4) is 0 Å². The highest BCUT2D eigenvalue weighted by atomic mass is 19.4. The first-order valence-corrected chi connectivity index (χ1v) is 6.01. The highest BCUT2D eigenvalue weighted by molar-refractivity contribution is 5.92. The number of rotatable bonds is 3. The van der Waals surface area contributed by atoms with Crippen LogP contribution in [-0.2, 0) is 19.1 Å². The van der Waals surface area contributed by atoms with E-state index in [9.17, 15) is 22.8 Å². The number of alkyl halides is 3. The Morgan fingerprint density at radius 2 is 2.21 bits per heavy atom. The van der Waals surface area contributed by atoms with Gasteiger partial charge in [-0.3, -0.25) is 9.53 Å². The van der Waals surface area contributed by atoms with Crippen molar-refractivity contribution in [3.63, 3.8) is 0 Å². The van der Waals surface area contributed by atoms with Crippen LogP contribution in [-0.4, -0.2) is 47.9 Å². The third-order valence-corrected chi connectivity index (χ3v) is 3.48. The van der Waals surface area contributed by atoms with Crippen LogP contribution in [0.25, 0.3) is 0 Å². The highest BCUT2D eigenvalue weighted by Crippen LogP contribution is 2.42. The van der Waals surface area contributed by atoms with Crippen LogP contribution in [0.1, 0.15) is 26.2 Å². The molecule has 2 saturated heterocycles. The lowest BCUT2D eigenvalue weighted by Crippen LogP contribution is -2.48.